The van der Waals surface area contributed by atoms with Crippen molar-refractivity contribution < 1.29 is 4.79 Å². The van der Waals surface area contributed by atoms with E-state index in [0.29, 0.717) is 0 Å². The lowest BCUT2D eigenvalue weighted by atomic mass is 9.84. The molecule has 0 aliphatic heterocycles. The minimum atomic E-state index is -0.182. The summed E-state index contributed by atoms with van der Waals surface area (Å²) in [4.78, 5) is 14.0. The molecule has 0 unspecified atom stereocenters. The highest BCUT2D eigenvalue weighted by Crippen LogP contribution is 2.25. The lowest BCUT2D eigenvalue weighted by Crippen LogP contribution is -2.39. The van der Waals surface area contributed by atoms with Crippen LogP contribution in [0.15, 0.2) is 0 Å². The van der Waals surface area contributed by atoms with E-state index in [0.717, 1.165) is 32.4 Å². The molecule has 0 rings (SSSR count). The minimum absolute atomic E-state index is 0.182. The second-order valence-corrected chi connectivity index (χ2v) is 4.68. The fourth-order valence-corrected chi connectivity index (χ4v) is 1.38. The standard InChI is InChI=1S/C12H26N2O/c1-6-12(3,7-2)11(15)13-9-8-10-14(4)5/h6-10H2,1-5H3,(H,13,15). The molecular weight excluding hydrogens is 188 g/mol. The summed E-state index contributed by atoms with van der Waals surface area (Å²) >= 11 is 0. The average molecular weight is 214 g/mol. The largest absolute Gasteiger partial charge is 0.356 e. The zero-order chi connectivity index (χ0) is 11.9. The van der Waals surface area contributed by atoms with Crippen LogP contribution >= 0.6 is 0 Å². The highest BCUT2D eigenvalue weighted by atomic mass is 16.2. The lowest BCUT2D eigenvalue weighted by Gasteiger charge is -2.25. The van der Waals surface area contributed by atoms with Crippen molar-refractivity contribution in [3.63, 3.8) is 0 Å². The van der Waals surface area contributed by atoms with Gasteiger partial charge in [-0.15, -0.1) is 0 Å². The fraction of sp³-hybridized carbons (Fsp3) is 0.917. The molecule has 1 N–H and O–H groups in total. The number of carbonyl (C=O) groups is 1. The van der Waals surface area contributed by atoms with Crippen molar-refractivity contribution >= 4 is 5.91 Å². The molecule has 15 heavy (non-hydrogen) atoms. The Labute approximate surface area is 94.2 Å². The zero-order valence-corrected chi connectivity index (χ0v) is 10.9. The van der Waals surface area contributed by atoms with Gasteiger partial charge in [0.15, 0.2) is 0 Å². The number of hydrogen-bond donors (Lipinski definition) is 1. The van der Waals surface area contributed by atoms with Gasteiger partial charge in [-0.2, -0.15) is 0 Å². The Morgan fingerprint density at radius 3 is 2.20 bits per heavy atom. The molecule has 3 nitrogen and oxygen atoms in total. The molecule has 0 aliphatic carbocycles. The predicted octanol–water partition coefficient (Wildman–Crippen LogP) is 1.88. The molecular formula is C12H26N2O. The Kier molecular flexibility index (Phi) is 6.57. The van der Waals surface area contributed by atoms with Gasteiger partial charge in [-0.1, -0.05) is 20.8 Å². The predicted molar refractivity (Wildman–Crippen MR) is 64.9 cm³/mol. The van der Waals surface area contributed by atoms with Crippen molar-refractivity contribution in [1.82, 2.24) is 10.2 Å². The normalized spacial score (nSPS) is 11.9. The van der Waals surface area contributed by atoms with Crippen molar-refractivity contribution in [2.45, 2.75) is 40.0 Å². The van der Waals surface area contributed by atoms with E-state index in [2.05, 4.69) is 24.1 Å². The third-order valence-electron chi connectivity index (χ3n) is 3.18. The average Bonchev–Trinajstić information content (AvgIpc) is 2.22. The summed E-state index contributed by atoms with van der Waals surface area (Å²) in [6.45, 7) is 7.99. The van der Waals surface area contributed by atoms with E-state index in [-0.39, 0.29) is 11.3 Å². The van der Waals surface area contributed by atoms with Gasteiger partial charge in [0.05, 0.1) is 0 Å². The molecule has 0 atom stereocenters. The maximum absolute atomic E-state index is 11.8. The molecule has 0 aromatic heterocycles. The molecule has 0 spiro atoms. The van der Waals surface area contributed by atoms with Crippen molar-refractivity contribution in [2.24, 2.45) is 5.41 Å². The SMILES string of the molecule is CCC(C)(CC)C(=O)NCCCN(C)C. The fourth-order valence-electron chi connectivity index (χ4n) is 1.38. The Hall–Kier alpha value is -0.570. The molecule has 3 heteroatoms. The van der Waals surface area contributed by atoms with Crippen LogP contribution < -0.4 is 5.32 Å². The monoisotopic (exact) mass is 214 g/mol. The van der Waals surface area contributed by atoms with E-state index in [4.69, 9.17) is 0 Å². The first-order valence-electron chi connectivity index (χ1n) is 5.89. The van der Waals surface area contributed by atoms with Crippen LogP contribution in [0, 0.1) is 5.41 Å². The smallest absolute Gasteiger partial charge is 0.225 e. The molecule has 0 radical (unpaired) electrons. The molecule has 1 amide bonds. The number of hydrogen-bond acceptors (Lipinski definition) is 2. The summed E-state index contributed by atoms with van der Waals surface area (Å²) in [5, 5.41) is 3.01. The first-order valence-corrected chi connectivity index (χ1v) is 5.89. The molecule has 0 aliphatic rings. The molecule has 0 bridgehead atoms. The van der Waals surface area contributed by atoms with Gasteiger partial charge in [-0.25, -0.2) is 0 Å². The van der Waals surface area contributed by atoms with Gasteiger partial charge in [-0.3, -0.25) is 4.79 Å². The number of nitrogens with zero attached hydrogens (tertiary/aromatic N) is 1. The Bertz CT molecular complexity index is 186. The first kappa shape index (κ1) is 14.4. The maximum atomic E-state index is 11.8. The van der Waals surface area contributed by atoms with Gasteiger partial charge in [-0.05, 0) is 39.9 Å². The van der Waals surface area contributed by atoms with Gasteiger partial charge in [0, 0.05) is 12.0 Å². The second kappa shape index (κ2) is 6.83. The van der Waals surface area contributed by atoms with Crippen molar-refractivity contribution in [3.8, 4) is 0 Å². The van der Waals surface area contributed by atoms with Gasteiger partial charge < -0.3 is 10.2 Å². The maximum Gasteiger partial charge on any atom is 0.225 e. The van der Waals surface area contributed by atoms with Crippen LogP contribution in [0.4, 0.5) is 0 Å². The summed E-state index contributed by atoms with van der Waals surface area (Å²) in [7, 11) is 4.09. The van der Waals surface area contributed by atoms with Crippen LogP contribution in [0.1, 0.15) is 40.0 Å². The number of amides is 1. The molecule has 0 saturated heterocycles. The van der Waals surface area contributed by atoms with Gasteiger partial charge in [0.2, 0.25) is 5.91 Å². The quantitative estimate of drug-likeness (QED) is 0.656. The lowest BCUT2D eigenvalue weighted by molar-refractivity contribution is -0.130. The van der Waals surface area contributed by atoms with Crippen LogP contribution in [-0.4, -0.2) is 38.0 Å². The molecule has 0 aromatic rings. The molecule has 0 fully saturated rings. The zero-order valence-electron chi connectivity index (χ0n) is 10.9. The molecule has 0 aromatic carbocycles. The number of carbonyl (C=O) groups excluding carboxylic acids is 1. The van der Waals surface area contributed by atoms with E-state index < -0.39 is 0 Å². The third kappa shape index (κ3) is 5.17. The highest BCUT2D eigenvalue weighted by Gasteiger charge is 2.28. The van der Waals surface area contributed by atoms with E-state index in [1.54, 1.807) is 0 Å². The Morgan fingerprint density at radius 2 is 1.80 bits per heavy atom. The third-order valence-corrected chi connectivity index (χ3v) is 3.18. The van der Waals surface area contributed by atoms with E-state index in [1.165, 1.54) is 0 Å². The Balaban J connectivity index is 3.82. The minimum Gasteiger partial charge on any atom is -0.356 e. The van der Waals surface area contributed by atoms with Crippen LogP contribution in [0.5, 0.6) is 0 Å². The summed E-state index contributed by atoms with van der Waals surface area (Å²) in [6.07, 6.45) is 2.83. The highest BCUT2D eigenvalue weighted by molar-refractivity contribution is 5.82. The first-order chi connectivity index (χ1) is 6.96. The van der Waals surface area contributed by atoms with E-state index in [1.807, 2.05) is 21.0 Å². The van der Waals surface area contributed by atoms with Crippen molar-refractivity contribution in [3.05, 3.63) is 0 Å². The topological polar surface area (TPSA) is 32.3 Å². The number of rotatable bonds is 7. The van der Waals surface area contributed by atoms with Crippen molar-refractivity contribution in [2.75, 3.05) is 27.2 Å². The summed E-state index contributed by atoms with van der Waals surface area (Å²) in [6, 6.07) is 0. The van der Waals surface area contributed by atoms with Gasteiger partial charge in [0.1, 0.15) is 0 Å². The van der Waals surface area contributed by atoms with Gasteiger partial charge >= 0.3 is 0 Å². The summed E-state index contributed by atoms with van der Waals surface area (Å²) < 4.78 is 0. The summed E-state index contributed by atoms with van der Waals surface area (Å²) in [5.41, 5.74) is -0.182. The number of nitrogens with one attached hydrogen (secondary N) is 1. The molecule has 0 saturated carbocycles. The Morgan fingerprint density at radius 1 is 1.27 bits per heavy atom. The van der Waals surface area contributed by atoms with Gasteiger partial charge in [0.25, 0.3) is 0 Å². The van der Waals surface area contributed by atoms with Crippen LogP contribution in [-0.2, 0) is 4.79 Å². The van der Waals surface area contributed by atoms with E-state index >= 15 is 0 Å². The molecule has 0 heterocycles. The van der Waals surface area contributed by atoms with Crippen LogP contribution in [0.3, 0.4) is 0 Å². The van der Waals surface area contributed by atoms with E-state index in [9.17, 15) is 4.79 Å². The second-order valence-electron chi connectivity index (χ2n) is 4.68. The molecule has 90 valence electrons. The summed E-state index contributed by atoms with van der Waals surface area (Å²) in [5.74, 6) is 0.200. The van der Waals surface area contributed by atoms with Crippen molar-refractivity contribution in [1.29, 1.82) is 0 Å². The van der Waals surface area contributed by atoms with Crippen LogP contribution in [0.25, 0.3) is 0 Å². The van der Waals surface area contributed by atoms with Crippen LogP contribution in [0.2, 0.25) is 0 Å².